The number of benzene rings is 2. The van der Waals surface area contributed by atoms with Gasteiger partial charge in [-0.05, 0) is 49.7 Å². The zero-order chi connectivity index (χ0) is 22.9. The van der Waals surface area contributed by atoms with E-state index in [0.29, 0.717) is 43.2 Å². The molecule has 2 aromatic rings. The molecule has 3 rings (SSSR count). The summed E-state index contributed by atoms with van der Waals surface area (Å²) < 4.78 is 10.4. The van der Waals surface area contributed by atoms with Gasteiger partial charge >= 0.3 is 0 Å². The second-order valence-corrected chi connectivity index (χ2v) is 7.44. The Morgan fingerprint density at radius 1 is 1.12 bits per heavy atom. The Kier molecular flexibility index (Phi) is 8.21. The lowest BCUT2D eigenvalue weighted by molar-refractivity contribution is -0.122. The van der Waals surface area contributed by atoms with Gasteiger partial charge in [0, 0.05) is 38.4 Å². The fraction of sp³-hybridized carbons (Fsp3) is 0.375. The molecule has 1 unspecified atom stereocenters. The molecule has 1 heterocycles. The van der Waals surface area contributed by atoms with E-state index in [0.717, 1.165) is 5.69 Å². The summed E-state index contributed by atoms with van der Waals surface area (Å²) in [4.78, 5) is 39.6. The molecule has 2 N–H and O–H groups in total. The predicted octanol–water partition coefficient (Wildman–Crippen LogP) is 2.84. The number of nitrogens with one attached hydrogen (secondary N) is 2. The topological polar surface area (TPSA) is 97.0 Å². The van der Waals surface area contributed by atoms with Gasteiger partial charge in [-0.1, -0.05) is 12.1 Å². The van der Waals surface area contributed by atoms with E-state index in [-0.39, 0.29) is 30.7 Å². The van der Waals surface area contributed by atoms with Crippen LogP contribution in [0.25, 0.3) is 0 Å². The number of hydrogen-bond acceptors (Lipinski definition) is 5. The Hall–Kier alpha value is -3.39. The molecule has 1 saturated heterocycles. The molecule has 8 nitrogen and oxygen atoms in total. The van der Waals surface area contributed by atoms with E-state index < -0.39 is 5.92 Å². The minimum atomic E-state index is -0.507. The highest BCUT2D eigenvalue weighted by Crippen LogP contribution is 2.28. The van der Waals surface area contributed by atoms with Crippen LogP contribution in [0.15, 0.2) is 48.5 Å². The van der Waals surface area contributed by atoms with Crippen LogP contribution in [-0.2, 0) is 14.3 Å². The van der Waals surface area contributed by atoms with Crippen LogP contribution in [0.2, 0.25) is 0 Å². The summed E-state index contributed by atoms with van der Waals surface area (Å²) in [6, 6.07) is 14.0. The van der Waals surface area contributed by atoms with Gasteiger partial charge < -0.3 is 25.0 Å². The van der Waals surface area contributed by atoms with Crippen LogP contribution in [0.4, 0.5) is 11.4 Å². The maximum atomic E-state index is 12.9. The molecule has 0 saturated carbocycles. The Balaban J connectivity index is 1.61. The van der Waals surface area contributed by atoms with Crippen molar-refractivity contribution in [2.24, 2.45) is 5.92 Å². The first-order valence-corrected chi connectivity index (χ1v) is 10.7. The molecule has 8 heteroatoms. The standard InChI is InChI=1S/C24H29N3O5/c1-3-32-14-6-13-25-24(30)20-7-4-5-8-21(20)26-23(29)17-15-22(28)27(16-17)18-9-11-19(31-2)12-10-18/h4-5,7-12,17H,3,6,13-16H2,1-2H3,(H,25,30)(H,26,29). The highest BCUT2D eigenvalue weighted by atomic mass is 16.5. The molecule has 1 aliphatic heterocycles. The van der Waals surface area contributed by atoms with Crippen LogP contribution in [-0.4, -0.2) is 51.1 Å². The van der Waals surface area contributed by atoms with Gasteiger partial charge in [-0.3, -0.25) is 14.4 Å². The number of amides is 3. The lowest BCUT2D eigenvalue weighted by Crippen LogP contribution is -2.30. The number of methoxy groups -OCH3 is 1. The molecule has 1 aliphatic rings. The number of para-hydroxylation sites is 1. The van der Waals surface area contributed by atoms with Gasteiger partial charge in [0.1, 0.15) is 5.75 Å². The lowest BCUT2D eigenvalue weighted by Gasteiger charge is -2.17. The van der Waals surface area contributed by atoms with Crippen LogP contribution in [0, 0.1) is 5.92 Å². The van der Waals surface area contributed by atoms with Crippen LogP contribution in [0.3, 0.4) is 0 Å². The lowest BCUT2D eigenvalue weighted by atomic mass is 10.1. The van der Waals surface area contributed by atoms with Crippen molar-refractivity contribution < 1.29 is 23.9 Å². The van der Waals surface area contributed by atoms with Crippen molar-refractivity contribution in [3.8, 4) is 5.75 Å². The fourth-order valence-electron chi connectivity index (χ4n) is 3.54. The molecule has 1 fully saturated rings. The number of ether oxygens (including phenoxy) is 2. The normalized spacial score (nSPS) is 15.5. The summed E-state index contributed by atoms with van der Waals surface area (Å²) in [7, 11) is 1.58. The number of hydrogen-bond donors (Lipinski definition) is 2. The van der Waals surface area contributed by atoms with Crippen molar-refractivity contribution >= 4 is 29.1 Å². The van der Waals surface area contributed by atoms with Crippen LogP contribution in [0.1, 0.15) is 30.1 Å². The second kappa shape index (κ2) is 11.3. The van der Waals surface area contributed by atoms with E-state index in [1.807, 2.05) is 6.92 Å². The Bertz CT molecular complexity index is 945. The van der Waals surface area contributed by atoms with Crippen molar-refractivity contribution in [1.82, 2.24) is 5.32 Å². The van der Waals surface area contributed by atoms with Crippen molar-refractivity contribution in [3.05, 3.63) is 54.1 Å². The van der Waals surface area contributed by atoms with Gasteiger partial charge in [0.15, 0.2) is 0 Å². The van der Waals surface area contributed by atoms with Gasteiger partial charge in [-0.15, -0.1) is 0 Å². The van der Waals surface area contributed by atoms with Gasteiger partial charge in [-0.2, -0.15) is 0 Å². The van der Waals surface area contributed by atoms with Gasteiger partial charge in [-0.25, -0.2) is 0 Å². The minimum Gasteiger partial charge on any atom is -0.497 e. The van der Waals surface area contributed by atoms with Crippen molar-refractivity contribution in [1.29, 1.82) is 0 Å². The minimum absolute atomic E-state index is 0.115. The largest absolute Gasteiger partial charge is 0.497 e. The van der Waals surface area contributed by atoms with Crippen LogP contribution >= 0.6 is 0 Å². The average Bonchev–Trinajstić information content (AvgIpc) is 3.21. The maximum absolute atomic E-state index is 12.9. The number of carbonyl (C=O) groups excluding carboxylic acids is 3. The van der Waals surface area contributed by atoms with Crippen LogP contribution in [0.5, 0.6) is 5.75 Å². The highest BCUT2D eigenvalue weighted by molar-refractivity contribution is 6.07. The summed E-state index contributed by atoms with van der Waals surface area (Å²) in [6.07, 6.45) is 0.823. The summed E-state index contributed by atoms with van der Waals surface area (Å²) in [5.41, 5.74) is 1.53. The first-order chi connectivity index (χ1) is 15.5. The molecule has 0 radical (unpaired) electrons. The molecule has 3 amide bonds. The van der Waals surface area contributed by atoms with E-state index >= 15 is 0 Å². The quantitative estimate of drug-likeness (QED) is 0.555. The van der Waals surface area contributed by atoms with E-state index in [9.17, 15) is 14.4 Å². The molecule has 0 spiro atoms. The molecule has 0 aromatic heterocycles. The smallest absolute Gasteiger partial charge is 0.253 e. The molecule has 170 valence electrons. The van der Waals surface area contributed by atoms with E-state index in [1.165, 1.54) is 0 Å². The first-order valence-electron chi connectivity index (χ1n) is 10.7. The maximum Gasteiger partial charge on any atom is 0.253 e. The molecule has 0 bridgehead atoms. The molecule has 0 aliphatic carbocycles. The summed E-state index contributed by atoms with van der Waals surface area (Å²) in [5, 5.41) is 5.67. The third-order valence-corrected chi connectivity index (χ3v) is 5.26. The van der Waals surface area contributed by atoms with Crippen molar-refractivity contribution in [2.75, 3.05) is 43.6 Å². The molecule has 2 aromatic carbocycles. The third-order valence-electron chi connectivity index (χ3n) is 5.26. The fourth-order valence-corrected chi connectivity index (χ4v) is 3.54. The second-order valence-electron chi connectivity index (χ2n) is 7.44. The number of rotatable bonds is 10. The highest BCUT2D eigenvalue weighted by Gasteiger charge is 2.35. The summed E-state index contributed by atoms with van der Waals surface area (Å²) in [5.74, 6) is -0.476. The van der Waals surface area contributed by atoms with Crippen molar-refractivity contribution in [3.63, 3.8) is 0 Å². The molecule has 32 heavy (non-hydrogen) atoms. The number of anilines is 2. The third kappa shape index (κ3) is 5.85. The molecular weight excluding hydrogens is 410 g/mol. The zero-order valence-corrected chi connectivity index (χ0v) is 18.4. The Morgan fingerprint density at radius 3 is 2.59 bits per heavy atom. The van der Waals surface area contributed by atoms with E-state index in [4.69, 9.17) is 9.47 Å². The van der Waals surface area contributed by atoms with E-state index in [1.54, 1.807) is 60.5 Å². The zero-order valence-electron chi connectivity index (χ0n) is 18.4. The van der Waals surface area contributed by atoms with Gasteiger partial charge in [0.05, 0.1) is 24.3 Å². The predicted molar refractivity (Wildman–Crippen MR) is 122 cm³/mol. The monoisotopic (exact) mass is 439 g/mol. The number of carbonyl (C=O) groups is 3. The Morgan fingerprint density at radius 2 is 1.88 bits per heavy atom. The Labute approximate surface area is 187 Å². The molecular formula is C24H29N3O5. The van der Waals surface area contributed by atoms with Crippen molar-refractivity contribution in [2.45, 2.75) is 19.8 Å². The molecule has 1 atom stereocenters. The van der Waals surface area contributed by atoms with E-state index in [2.05, 4.69) is 10.6 Å². The number of nitrogens with zero attached hydrogens (tertiary/aromatic N) is 1. The first kappa shape index (κ1) is 23.3. The SMILES string of the molecule is CCOCCCNC(=O)c1ccccc1NC(=O)C1CC(=O)N(c2ccc(OC)cc2)C1. The van der Waals surface area contributed by atoms with Gasteiger partial charge in [0.25, 0.3) is 5.91 Å². The summed E-state index contributed by atoms with van der Waals surface area (Å²) in [6.45, 7) is 3.90. The van der Waals surface area contributed by atoms with Crippen LogP contribution < -0.4 is 20.3 Å². The van der Waals surface area contributed by atoms with Gasteiger partial charge in [0.2, 0.25) is 11.8 Å². The summed E-state index contributed by atoms with van der Waals surface area (Å²) >= 11 is 0. The average molecular weight is 440 g/mol.